The highest BCUT2D eigenvalue weighted by Crippen LogP contribution is 2.26. The molecular weight excluding hydrogens is 284 g/mol. The zero-order valence-electron chi connectivity index (χ0n) is 13.8. The molecule has 0 bridgehead atoms. The van der Waals surface area contributed by atoms with Crippen molar-refractivity contribution in [1.82, 2.24) is 3.97 Å². The SMILES string of the molecule is [2H]C([2H])([2H])c1cc2cc(C#N)ccc2n1S(=O)(=O)c1ccccc1. The van der Waals surface area contributed by atoms with Crippen molar-refractivity contribution in [1.29, 1.82) is 5.26 Å². The van der Waals surface area contributed by atoms with Gasteiger partial charge in [0, 0.05) is 15.2 Å². The van der Waals surface area contributed by atoms with E-state index in [2.05, 4.69) is 0 Å². The molecule has 0 spiro atoms. The van der Waals surface area contributed by atoms with Gasteiger partial charge in [0.25, 0.3) is 10.0 Å². The first kappa shape index (κ1) is 10.2. The molecule has 4 nitrogen and oxygen atoms in total. The summed E-state index contributed by atoms with van der Waals surface area (Å²) in [7, 11) is -4.08. The van der Waals surface area contributed by atoms with Crippen molar-refractivity contribution in [2.24, 2.45) is 0 Å². The van der Waals surface area contributed by atoms with E-state index in [9.17, 15) is 8.42 Å². The third-order valence-corrected chi connectivity index (χ3v) is 4.91. The van der Waals surface area contributed by atoms with Crippen molar-refractivity contribution in [2.45, 2.75) is 11.7 Å². The summed E-state index contributed by atoms with van der Waals surface area (Å²) in [5, 5.41) is 9.37. The van der Waals surface area contributed by atoms with Gasteiger partial charge in [-0.15, -0.1) is 0 Å². The maximum atomic E-state index is 13.0. The van der Waals surface area contributed by atoms with Gasteiger partial charge in [-0.05, 0) is 43.3 Å². The summed E-state index contributed by atoms with van der Waals surface area (Å²) in [4.78, 5) is -0.00244. The lowest BCUT2D eigenvalue weighted by Crippen LogP contribution is -2.14. The van der Waals surface area contributed by atoms with E-state index in [-0.39, 0.29) is 16.1 Å². The molecule has 3 aromatic rings. The van der Waals surface area contributed by atoms with Gasteiger partial charge < -0.3 is 0 Å². The van der Waals surface area contributed by atoms with Gasteiger partial charge in [-0.1, -0.05) is 18.2 Å². The molecule has 0 N–H and O–H groups in total. The van der Waals surface area contributed by atoms with Crippen LogP contribution < -0.4 is 0 Å². The van der Waals surface area contributed by atoms with E-state index in [1.807, 2.05) is 6.07 Å². The molecule has 0 fully saturated rings. The number of hydrogen-bond donors (Lipinski definition) is 0. The molecule has 3 rings (SSSR count). The summed E-state index contributed by atoms with van der Waals surface area (Å²) < 4.78 is 49.8. The molecule has 104 valence electrons. The van der Waals surface area contributed by atoms with Crippen LogP contribution in [-0.4, -0.2) is 12.4 Å². The fourth-order valence-corrected chi connectivity index (χ4v) is 3.67. The number of nitriles is 1. The molecule has 1 heterocycles. The van der Waals surface area contributed by atoms with E-state index in [0.29, 0.717) is 10.9 Å². The van der Waals surface area contributed by atoms with Gasteiger partial charge in [-0.2, -0.15) is 5.26 Å². The Labute approximate surface area is 127 Å². The fraction of sp³-hybridized carbons (Fsp3) is 0.0625. The largest absolute Gasteiger partial charge is 0.268 e. The van der Waals surface area contributed by atoms with Crippen LogP contribution in [0.3, 0.4) is 0 Å². The molecule has 21 heavy (non-hydrogen) atoms. The summed E-state index contributed by atoms with van der Waals surface area (Å²) in [6.07, 6.45) is 0. The van der Waals surface area contributed by atoms with Gasteiger partial charge in [0.1, 0.15) is 0 Å². The van der Waals surface area contributed by atoms with Gasteiger partial charge in [0.05, 0.1) is 22.0 Å². The Hall–Kier alpha value is -2.58. The van der Waals surface area contributed by atoms with Crippen molar-refractivity contribution in [3.05, 3.63) is 65.9 Å². The lowest BCUT2D eigenvalue weighted by Gasteiger charge is -2.09. The first-order valence-electron chi connectivity index (χ1n) is 7.62. The lowest BCUT2D eigenvalue weighted by molar-refractivity contribution is 0.588. The Morgan fingerprint density at radius 2 is 1.90 bits per heavy atom. The Morgan fingerprint density at radius 3 is 2.57 bits per heavy atom. The normalized spacial score (nSPS) is 14.1. The van der Waals surface area contributed by atoms with Gasteiger partial charge in [0.15, 0.2) is 0 Å². The van der Waals surface area contributed by atoms with E-state index >= 15 is 0 Å². The number of benzene rings is 2. The second-order valence-electron chi connectivity index (χ2n) is 4.50. The van der Waals surface area contributed by atoms with E-state index in [1.165, 1.54) is 36.4 Å². The van der Waals surface area contributed by atoms with Crippen molar-refractivity contribution >= 4 is 20.9 Å². The fourth-order valence-electron chi connectivity index (χ4n) is 2.22. The second-order valence-corrected chi connectivity index (χ2v) is 6.28. The molecular formula is C16H12N2O2S. The smallest absolute Gasteiger partial charge is 0.238 e. The van der Waals surface area contributed by atoms with E-state index < -0.39 is 16.9 Å². The topological polar surface area (TPSA) is 62.9 Å². The summed E-state index contributed by atoms with van der Waals surface area (Å²) in [6, 6.07) is 15.3. The molecule has 0 radical (unpaired) electrons. The highest BCUT2D eigenvalue weighted by Gasteiger charge is 2.21. The summed E-state index contributed by atoms with van der Waals surface area (Å²) in [6.45, 7) is -2.62. The van der Waals surface area contributed by atoms with Crippen LogP contribution in [0.4, 0.5) is 0 Å². The predicted octanol–water partition coefficient (Wildman–Crippen LogP) is 3.06. The third kappa shape index (κ3) is 2.10. The van der Waals surface area contributed by atoms with Crippen LogP contribution in [0.25, 0.3) is 10.9 Å². The minimum atomic E-state index is -4.08. The first-order chi connectivity index (χ1) is 11.2. The molecule has 0 saturated carbocycles. The second kappa shape index (κ2) is 4.76. The standard InChI is InChI=1S/C16H12N2O2S/c1-12-9-14-10-13(11-17)7-8-16(14)18(12)21(19,20)15-5-3-2-4-6-15/h2-10H,1H3/i1D3. The highest BCUT2D eigenvalue weighted by atomic mass is 32.2. The number of aromatic nitrogens is 1. The van der Waals surface area contributed by atoms with Crippen LogP contribution in [0, 0.1) is 18.2 Å². The molecule has 0 amide bonds. The van der Waals surface area contributed by atoms with Crippen LogP contribution in [0.1, 0.15) is 15.4 Å². The van der Waals surface area contributed by atoms with Crippen molar-refractivity contribution in [3.8, 4) is 6.07 Å². The highest BCUT2D eigenvalue weighted by molar-refractivity contribution is 7.90. The lowest BCUT2D eigenvalue weighted by atomic mass is 10.2. The maximum Gasteiger partial charge on any atom is 0.268 e. The zero-order valence-corrected chi connectivity index (χ0v) is 11.6. The van der Waals surface area contributed by atoms with Gasteiger partial charge in [-0.3, -0.25) is 0 Å². The number of nitrogens with zero attached hydrogens (tertiary/aromatic N) is 2. The Bertz CT molecular complexity index is 1060. The van der Waals surface area contributed by atoms with Crippen LogP contribution in [-0.2, 0) is 10.0 Å². The summed E-state index contributed by atoms with van der Waals surface area (Å²) in [5.74, 6) is 0. The van der Waals surface area contributed by atoms with Crippen LogP contribution in [0.15, 0.2) is 59.5 Å². The molecule has 0 saturated heterocycles. The van der Waals surface area contributed by atoms with Gasteiger partial charge >= 0.3 is 0 Å². The number of fused-ring (bicyclic) bond motifs is 1. The van der Waals surface area contributed by atoms with E-state index in [4.69, 9.17) is 9.37 Å². The predicted molar refractivity (Wildman–Crippen MR) is 80.4 cm³/mol. The first-order valence-corrected chi connectivity index (χ1v) is 7.56. The summed E-state index contributed by atoms with van der Waals surface area (Å²) >= 11 is 0. The third-order valence-electron chi connectivity index (χ3n) is 3.17. The quantitative estimate of drug-likeness (QED) is 0.730. The molecule has 0 aliphatic carbocycles. The molecule has 1 aromatic heterocycles. The summed E-state index contributed by atoms with van der Waals surface area (Å²) in [5.41, 5.74) is 0.245. The number of aryl methyl sites for hydroxylation is 1. The number of rotatable bonds is 2. The average molecular weight is 299 g/mol. The molecule has 5 heteroatoms. The monoisotopic (exact) mass is 299 g/mol. The van der Waals surface area contributed by atoms with Crippen LogP contribution in [0.2, 0.25) is 0 Å². The Balaban J connectivity index is 2.40. The molecule has 0 aliphatic heterocycles. The number of hydrogen-bond acceptors (Lipinski definition) is 3. The van der Waals surface area contributed by atoms with E-state index in [0.717, 1.165) is 3.97 Å². The minimum absolute atomic E-state index is 0.00244. The Morgan fingerprint density at radius 1 is 1.14 bits per heavy atom. The van der Waals surface area contributed by atoms with Gasteiger partial charge in [0.2, 0.25) is 0 Å². The van der Waals surface area contributed by atoms with Gasteiger partial charge in [-0.25, -0.2) is 12.4 Å². The molecule has 2 aromatic carbocycles. The molecule has 0 aliphatic rings. The van der Waals surface area contributed by atoms with E-state index in [1.54, 1.807) is 18.2 Å². The maximum absolute atomic E-state index is 13.0. The van der Waals surface area contributed by atoms with Crippen molar-refractivity contribution in [2.75, 3.05) is 0 Å². The average Bonchev–Trinajstić information content (AvgIpc) is 2.95. The molecule has 0 unspecified atom stereocenters. The van der Waals surface area contributed by atoms with Crippen molar-refractivity contribution in [3.63, 3.8) is 0 Å². The van der Waals surface area contributed by atoms with Crippen LogP contribution in [0.5, 0.6) is 0 Å². The van der Waals surface area contributed by atoms with Crippen LogP contribution >= 0.6 is 0 Å². The Kier molecular flexibility index (Phi) is 2.31. The minimum Gasteiger partial charge on any atom is -0.238 e. The molecule has 0 atom stereocenters. The van der Waals surface area contributed by atoms with Crippen molar-refractivity contribution < 1.29 is 12.5 Å². The zero-order chi connectivity index (χ0) is 17.5.